The molecular formula is C14H10O8. The van der Waals surface area contributed by atoms with Crippen LogP contribution in [0.2, 0.25) is 0 Å². The molecule has 0 unspecified atom stereocenters. The van der Waals surface area contributed by atoms with E-state index in [1.807, 2.05) is 0 Å². The summed E-state index contributed by atoms with van der Waals surface area (Å²) in [5, 5.41) is 28.7. The van der Waals surface area contributed by atoms with Gasteiger partial charge in [-0.3, -0.25) is 9.59 Å². The minimum atomic E-state index is -1.06. The number of phenols is 3. The highest BCUT2D eigenvalue weighted by molar-refractivity contribution is 6.10. The van der Waals surface area contributed by atoms with Crippen molar-refractivity contribution in [3.05, 3.63) is 27.8 Å². The van der Waals surface area contributed by atoms with Gasteiger partial charge >= 0.3 is 11.6 Å². The Kier molecular flexibility index (Phi) is 2.84. The van der Waals surface area contributed by atoms with E-state index in [0.717, 1.165) is 13.2 Å². The van der Waals surface area contributed by atoms with Crippen LogP contribution in [0.5, 0.6) is 17.2 Å². The molecule has 0 spiro atoms. The number of methoxy groups -OCH3 is 1. The van der Waals surface area contributed by atoms with Crippen LogP contribution in [0.4, 0.5) is 0 Å². The van der Waals surface area contributed by atoms with Crippen molar-refractivity contribution in [1.29, 1.82) is 0 Å². The predicted octanol–water partition coefficient (Wildman–Crippen LogP) is 0.753. The standard InChI is InChI=1S/C14H10O8/c1-21-13(19)5-3-7(16)12-9(5)8-4(14(20)22-12)2-6(15)10(17)11(8)18/h2,5,15,17-18H,3H2,1H3/t5-/m1/s1. The summed E-state index contributed by atoms with van der Waals surface area (Å²) in [7, 11) is 1.13. The number of carbonyl (C=O) groups excluding carboxylic acids is 2. The molecule has 114 valence electrons. The summed E-state index contributed by atoms with van der Waals surface area (Å²) < 4.78 is 9.51. The first kappa shape index (κ1) is 13.9. The molecule has 0 radical (unpaired) electrons. The van der Waals surface area contributed by atoms with Crippen LogP contribution in [0, 0.1) is 0 Å². The Morgan fingerprint density at radius 2 is 1.95 bits per heavy atom. The Hall–Kier alpha value is -3.03. The van der Waals surface area contributed by atoms with Crippen LogP contribution in [0.3, 0.4) is 0 Å². The highest BCUT2D eigenvalue weighted by Gasteiger charge is 2.41. The lowest BCUT2D eigenvalue weighted by molar-refractivity contribution is -0.142. The minimum Gasteiger partial charge on any atom is -0.504 e. The minimum absolute atomic E-state index is 0.0285. The van der Waals surface area contributed by atoms with Crippen LogP contribution < -0.4 is 5.63 Å². The van der Waals surface area contributed by atoms with Crippen LogP contribution in [0.15, 0.2) is 15.3 Å². The second kappa shape index (κ2) is 4.48. The van der Waals surface area contributed by atoms with Crippen molar-refractivity contribution >= 4 is 22.5 Å². The molecule has 1 heterocycles. The third-order valence-electron chi connectivity index (χ3n) is 3.66. The van der Waals surface area contributed by atoms with E-state index in [9.17, 15) is 29.7 Å². The van der Waals surface area contributed by atoms with Crippen LogP contribution in [-0.2, 0) is 9.53 Å². The van der Waals surface area contributed by atoms with Crippen molar-refractivity contribution in [1.82, 2.24) is 0 Å². The van der Waals surface area contributed by atoms with Crippen LogP contribution in [0.1, 0.15) is 28.5 Å². The van der Waals surface area contributed by atoms with Crippen molar-refractivity contribution in [3.8, 4) is 17.2 Å². The Morgan fingerprint density at radius 3 is 2.59 bits per heavy atom. The van der Waals surface area contributed by atoms with Gasteiger partial charge in [-0.1, -0.05) is 0 Å². The van der Waals surface area contributed by atoms with E-state index in [2.05, 4.69) is 4.74 Å². The van der Waals surface area contributed by atoms with Crippen molar-refractivity contribution in [2.75, 3.05) is 7.11 Å². The molecule has 1 aliphatic rings. The number of carbonyl (C=O) groups is 2. The normalized spacial score (nSPS) is 16.8. The maximum atomic E-state index is 11.9. The largest absolute Gasteiger partial charge is 0.504 e. The number of hydrogen-bond acceptors (Lipinski definition) is 8. The fraction of sp³-hybridized carbons (Fsp3) is 0.214. The first-order valence-electron chi connectivity index (χ1n) is 6.22. The molecule has 1 atom stereocenters. The topological polar surface area (TPSA) is 134 Å². The van der Waals surface area contributed by atoms with Gasteiger partial charge in [0.25, 0.3) is 0 Å². The molecule has 2 aromatic rings. The van der Waals surface area contributed by atoms with Gasteiger partial charge < -0.3 is 24.5 Å². The van der Waals surface area contributed by atoms with Crippen molar-refractivity contribution < 1.29 is 34.1 Å². The van der Waals surface area contributed by atoms with E-state index in [0.29, 0.717) is 0 Å². The Labute approximate surface area is 122 Å². The molecule has 0 saturated carbocycles. The van der Waals surface area contributed by atoms with Gasteiger partial charge in [-0.05, 0) is 6.07 Å². The molecule has 0 bridgehead atoms. The van der Waals surface area contributed by atoms with Gasteiger partial charge in [0.15, 0.2) is 23.0 Å². The number of aromatic hydroxyl groups is 3. The van der Waals surface area contributed by atoms with Gasteiger partial charge in [0.2, 0.25) is 5.75 Å². The van der Waals surface area contributed by atoms with E-state index in [4.69, 9.17) is 4.42 Å². The maximum absolute atomic E-state index is 11.9. The number of phenolic OH excluding ortho intramolecular Hbond substituents is 3. The molecule has 0 amide bonds. The fourth-order valence-electron chi connectivity index (χ4n) is 2.66. The summed E-state index contributed by atoms with van der Waals surface area (Å²) in [6.45, 7) is 0. The zero-order valence-electron chi connectivity index (χ0n) is 11.2. The smallest absolute Gasteiger partial charge is 0.344 e. The second-order valence-corrected chi connectivity index (χ2v) is 4.85. The highest BCUT2D eigenvalue weighted by Crippen LogP contribution is 2.46. The third-order valence-corrected chi connectivity index (χ3v) is 3.66. The van der Waals surface area contributed by atoms with E-state index in [1.54, 1.807) is 0 Å². The van der Waals surface area contributed by atoms with Crippen molar-refractivity contribution in [2.24, 2.45) is 0 Å². The molecule has 8 nitrogen and oxygen atoms in total. The van der Waals surface area contributed by atoms with Gasteiger partial charge in [-0.15, -0.1) is 0 Å². The Balaban J connectivity index is 2.50. The summed E-state index contributed by atoms with van der Waals surface area (Å²) in [5.74, 6) is -5.13. The highest BCUT2D eigenvalue weighted by atomic mass is 16.5. The quantitative estimate of drug-likeness (QED) is 0.519. The summed E-state index contributed by atoms with van der Waals surface area (Å²) >= 11 is 0. The first-order chi connectivity index (χ1) is 10.4. The first-order valence-corrected chi connectivity index (χ1v) is 6.22. The molecule has 0 aliphatic heterocycles. The molecule has 22 heavy (non-hydrogen) atoms. The molecular weight excluding hydrogens is 296 g/mol. The molecule has 1 aromatic heterocycles. The van der Waals surface area contributed by atoms with Crippen LogP contribution in [0.25, 0.3) is 10.8 Å². The third kappa shape index (κ3) is 1.67. The molecule has 1 aliphatic carbocycles. The lowest BCUT2D eigenvalue weighted by atomic mass is 9.96. The molecule has 3 N–H and O–H groups in total. The number of Topliss-reactive ketones (excluding diaryl/α,β-unsaturated/α-hetero) is 1. The molecule has 3 rings (SSSR count). The number of fused-ring (bicyclic) bond motifs is 3. The monoisotopic (exact) mass is 306 g/mol. The molecule has 8 heteroatoms. The molecule has 0 fully saturated rings. The van der Waals surface area contributed by atoms with Gasteiger partial charge in [-0.25, -0.2) is 4.79 Å². The average molecular weight is 306 g/mol. The van der Waals surface area contributed by atoms with E-state index in [1.165, 1.54) is 0 Å². The fourth-order valence-corrected chi connectivity index (χ4v) is 2.66. The Morgan fingerprint density at radius 1 is 1.27 bits per heavy atom. The second-order valence-electron chi connectivity index (χ2n) is 4.85. The summed E-state index contributed by atoms with van der Waals surface area (Å²) in [4.78, 5) is 35.7. The average Bonchev–Trinajstić information content (AvgIpc) is 2.81. The summed E-state index contributed by atoms with van der Waals surface area (Å²) in [6.07, 6.45) is -0.273. The van der Waals surface area contributed by atoms with E-state index >= 15 is 0 Å². The zero-order chi connectivity index (χ0) is 16.2. The zero-order valence-corrected chi connectivity index (χ0v) is 11.2. The summed E-state index contributed by atoms with van der Waals surface area (Å²) in [6, 6.07) is 0.896. The van der Waals surface area contributed by atoms with Crippen LogP contribution >= 0.6 is 0 Å². The van der Waals surface area contributed by atoms with E-state index < -0.39 is 40.5 Å². The van der Waals surface area contributed by atoms with Gasteiger partial charge in [0.1, 0.15) is 0 Å². The SMILES string of the molecule is COC(=O)[C@@H]1CC(=O)c2oc(=O)c3cc(O)c(O)c(O)c3c21. The van der Waals surface area contributed by atoms with Gasteiger partial charge in [0, 0.05) is 17.4 Å². The van der Waals surface area contributed by atoms with E-state index in [-0.39, 0.29) is 28.5 Å². The van der Waals surface area contributed by atoms with Gasteiger partial charge in [0.05, 0.1) is 18.4 Å². The molecule has 0 saturated heterocycles. The lowest BCUT2D eigenvalue weighted by Crippen LogP contribution is -2.13. The van der Waals surface area contributed by atoms with Crippen molar-refractivity contribution in [2.45, 2.75) is 12.3 Å². The Bertz CT molecular complexity index is 892. The van der Waals surface area contributed by atoms with Crippen LogP contribution in [-0.4, -0.2) is 34.2 Å². The van der Waals surface area contributed by atoms with Crippen molar-refractivity contribution in [3.63, 3.8) is 0 Å². The summed E-state index contributed by atoms with van der Waals surface area (Å²) in [5.41, 5.74) is -1.00. The number of ether oxygens (including phenoxy) is 1. The maximum Gasteiger partial charge on any atom is 0.344 e. The number of esters is 1. The van der Waals surface area contributed by atoms with Gasteiger partial charge in [-0.2, -0.15) is 0 Å². The molecule has 1 aromatic carbocycles. The number of rotatable bonds is 1. The number of ketones is 1. The lowest BCUT2D eigenvalue weighted by Gasteiger charge is -2.12. The number of benzene rings is 1. The number of hydrogen-bond donors (Lipinski definition) is 3. The predicted molar refractivity (Wildman–Crippen MR) is 71.2 cm³/mol.